The molecule has 0 saturated carbocycles. The Morgan fingerprint density at radius 1 is 1.53 bits per heavy atom. The first kappa shape index (κ1) is 13.8. The van der Waals surface area contributed by atoms with Crippen molar-refractivity contribution >= 4 is 17.6 Å². The average molecular weight is 269 g/mol. The van der Waals surface area contributed by atoms with Gasteiger partial charge in [-0.25, -0.2) is 4.79 Å². The molecule has 1 fully saturated rings. The van der Waals surface area contributed by atoms with Crippen LogP contribution in [0.4, 0.5) is 0 Å². The van der Waals surface area contributed by atoms with Crippen LogP contribution in [-0.4, -0.2) is 71.8 Å². The number of likely N-dealkylation sites (tertiary alicyclic amines) is 1. The van der Waals surface area contributed by atoms with Gasteiger partial charge in [0.2, 0.25) is 6.10 Å². The van der Waals surface area contributed by atoms with Gasteiger partial charge < -0.3 is 19.7 Å². The van der Waals surface area contributed by atoms with Crippen molar-refractivity contribution in [2.75, 3.05) is 27.2 Å². The first-order valence-corrected chi connectivity index (χ1v) is 6.40. The largest absolute Gasteiger partial charge is 0.477 e. The Balaban J connectivity index is 1.91. The third kappa shape index (κ3) is 3.04. The molecule has 1 saturated heterocycles. The van der Waals surface area contributed by atoms with Crippen LogP contribution in [0.3, 0.4) is 0 Å². The van der Waals surface area contributed by atoms with Crippen LogP contribution >= 0.6 is 0 Å². The third-order valence-electron chi connectivity index (χ3n) is 3.69. The molecule has 2 unspecified atom stereocenters. The van der Waals surface area contributed by atoms with Crippen molar-refractivity contribution < 1.29 is 19.5 Å². The number of carbonyl (C=O) groups excluding carboxylic acids is 1. The maximum atomic E-state index is 12.2. The molecule has 2 heterocycles. The quantitative estimate of drug-likeness (QED) is 0.765. The summed E-state index contributed by atoms with van der Waals surface area (Å²) in [4.78, 5) is 31.8. The molecule has 2 atom stereocenters. The minimum atomic E-state index is -1.13. The maximum absolute atomic E-state index is 12.2. The summed E-state index contributed by atoms with van der Waals surface area (Å²) in [6.45, 7) is 1.88. The molecule has 7 heteroatoms. The molecule has 1 N–H and O–H groups in total. The van der Waals surface area contributed by atoms with E-state index >= 15 is 0 Å². The van der Waals surface area contributed by atoms with Gasteiger partial charge >= 0.3 is 5.97 Å². The highest BCUT2D eigenvalue weighted by molar-refractivity contribution is 6.36. The van der Waals surface area contributed by atoms with E-state index < -0.39 is 12.1 Å². The van der Waals surface area contributed by atoms with E-state index in [1.54, 1.807) is 11.9 Å². The van der Waals surface area contributed by atoms with E-state index in [2.05, 4.69) is 10.1 Å². The van der Waals surface area contributed by atoms with Crippen molar-refractivity contribution in [2.24, 2.45) is 5.16 Å². The predicted molar refractivity (Wildman–Crippen MR) is 67.8 cm³/mol. The Hall–Kier alpha value is -1.63. The van der Waals surface area contributed by atoms with E-state index in [0.29, 0.717) is 0 Å². The van der Waals surface area contributed by atoms with Gasteiger partial charge in [-0.05, 0) is 26.4 Å². The number of hydrogen-bond donors (Lipinski definition) is 1. The number of hydrogen-bond acceptors (Lipinski definition) is 5. The number of rotatable bonds is 3. The first-order valence-electron chi connectivity index (χ1n) is 6.40. The zero-order chi connectivity index (χ0) is 14.0. The molecule has 1 amide bonds. The van der Waals surface area contributed by atoms with E-state index in [-0.39, 0.29) is 24.1 Å². The van der Waals surface area contributed by atoms with Gasteiger partial charge in [-0.15, -0.1) is 0 Å². The highest BCUT2D eigenvalue weighted by Gasteiger charge is 2.36. The predicted octanol–water partition coefficient (Wildman–Crippen LogP) is -0.231. The zero-order valence-corrected chi connectivity index (χ0v) is 11.2. The molecule has 0 bridgehead atoms. The fraction of sp³-hybridized carbons (Fsp3) is 0.750. The molecule has 2 rings (SSSR count). The normalized spacial score (nSPS) is 27.6. The summed E-state index contributed by atoms with van der Waals surface area (Å²) in [6.07, 6.45) is 1.28. The van der Waals surface area contributed by atoms with E-state index in [9.17, 15) is 9.59 Å². The van der Waals surface area contributed by atoms with Crippen molar-refractivity contribution in [3.05, 3.63) is 0 Å². The van der Waals surface area contributed by atoms with E-state index in [4.69, 9.17) is 9.94 Å². The molecule has 19 heavy (non-hydrogen) atoms. The Bertz CT molecular complexity index is 410. The number of carboxylic acid groups (broad SMARTS) is 1. The SMILES string of the molecule is CN1CCCC(N(C)C(=O)C2CC(C(=O)O)=NO2)C1. The Morgan fingerprint density at radius 2 is 2.26 bits per heavy atom. The number of aliphatic carboxylic acids is 1. The van der Waals surface area contributed by atoms with Gasteiger partial charge in [0.1, 0.15) is 0 Å². The van der Waals surface area contributed by atoms with E-state index in [0.717, 1.165) is 25.9 Å². The minimum Gasteiger partial charge on any atom is -0.477 e. The molecular formula is C12H19N3O4. The number of oxime groups is 1. The fourth-order valence-corrected chi connectivity index (χ4v) is 2.50. The zero-order valence-electron chi connectivity index (χ0n) is 11.2. The summed E-state index contributed by atoms with van der Waals surface area (Å²) in [5.74, 6) is -1.32. The third-order valence-corrected chi connectivity index (χ3v) is 3.69. The number of carboxylic acids is 1. The first-order chi connectivity index (χ1) is 8.99. The lowest BCUT2D eigenvalue weighted by atomic mass is 10.0. The molecule has 2 aliphatic rings. The van der Waals surface area contributed by atoms with Crippen molar-refractivity contribution in [1.82, 2.24) is 9.80 Å². The summed E-state index contributed by atoms with van der Waals surface area (Å²) in [5, 5.41) is 12.2. The van der Waals surface area contributed by atoms with Crippen molar-refractivity contribution in [1.29, 1.82) is 0 Å². The average Bonchev–Trinajstić information content (AvgIpc) is 2.86. The molecule has 0 aromatic carbocycles. The van der Waals surface area contributed by atoms with Gasteiger partial charge in [0.15, 0.2) is 5.71 Å². The summed E-state index contributed by atoms with van der Waals surface area (Å²) in [6, 6.07) is 0.156. The molecule has 106 valence electrons. The molecular weight excluding hydrogens is 250 g/mol. The summed E-state index contributed by atoms with van der Waals surface area (Å²) >= 11 is 0. The Kier molecular flexibility index (Phi) is 4.04. The molecule has 2 aliphatic heterocycles. The van der Waals surface area contributed by atoms with Crippen LogP contribution in [0.1, 0.15) is 19.3 Å². The van der Waals surface area contributed by atoms with Crippen LogP contribution in [0.15, 0.2) is 5.16 Å². The highest BCUT2D eigenvalue weighted by Crippen LogP contribution is 2.18. The van der Waals surface area contributed by atoms with Crippen LogP contribution < -0.4 is 0 Å². The minimum absolute atomic E-state index is 0.0427. The van der Waals surface area contributed by atoms with Gasteiger partial charge in [-0.1, -0.05) is 5.16 Å². The van der Waals surface area contributed by atoms with E-state index in [1.165, 1.54) is 0 Å². The van der Waals surface area contributed by atoms with Gasteiger partial charge in [-0.3, -0.25) is 4.79 Å². The standard InChI is InChI=1S/C12H19N3O4/c1-14-5-3-4-8(7-14)15(2)11(16)10-6-9(12(17)18)13-19-10/h8,10H,3-7H2,1-2H3,(H,17,18). The van der Waals surface area contributed by atoms with Gasteiger partial charge in [-0.2, -0.15) is 0 Å². The Labute approximate surface area is 111 Å². The molecule has 0 aliphatic carbocycles. The maximum Gasteiger partial charge on any atom is 0.353 e. The van der Waals surface area contributed by atoms with Crippen molar-refractivity contribution in [3.63, 3.8) is 0 Å². The monoisotopic (exact) mass is 269 g/mol. The topological polar surface area (TPSA) is 82.4 Å². The number of piperidine rings is 1. The number of nitrogens with zero attached hydrogens (tertiary/aromatic N) is 3. The van der Waals surface area contributed by atoms with Gasteiger partial charge in [0, 0.05) is 26.1 Å². The number of likely N-dealkylation sites (N-methyl/N-ethyl adjacent to an activating group) is 2. The second-order valence-corrected chi connectivity index (χ2v) is 5.15. The van der Waals surface area contributed by atoms with Gasteiger partial charge in [0.25, 0.3) is 5.91 Å². The van der Waals surface area contributed by atoms with Gasteiger partial charge in [0.05, 0.1) is 0 Å². The summed E-state index contributed by atoms with van der Waals surface area (Å²) in [7, 11) is 3.77. The molecule has 0 spiro atoms. The summed E-state index contributed by atoms with van der Waals surface area (Å²) < 4.78 is 0. The molecule has 0 aromatic heterocycles. The lowest BCUT2D eigenvalue weighted by Gasteiger charge is -2.36. The van der Waals surface area contributed by atoms with Crippen molar-refractivity contribution in [2.45, 2.75) is 31.4 Å². The van der Waals surface area contributed by atoms with Crippen LogP contribution in [-0.2, 0) is 14.4 Å². The lowest BCUT2D eigenvalue weighted by Crippen LogP contribution is -2.50. The smallest absolute Gasteiger partial charge is 0.353 e. The van der Waals surface area contributed by atoms with Crippen LogP contribution in [0, 0.1) is 0 Å². The fourth-order valence-electron chi connectivity index (χ4n) is 2.50. The van der Waals surface area contributed by atoms with Crippen LogP contribution in [0.2, 0.25) is 0 Å². The Morgan fingerprint density at radius 3 is 2.84 bits per heavy atom. The summed E-state index contributed by atoms with van der Waals surface area (Å²) in [5.41, 5.74) is -0.0903. The molecule has 0 aromatic rings. The van der Waals surface area contributed by atoms with Crippen LogP contribution in [0.5, 0.6) is 0 Å². The molecule has 7 nitrogen and oxygen atoms in total. The van der Waals surface area contributed by atoms with Crippen LogP contribution in [0.25, 0.3) is 0 Å². The number of carbonyl (C=O) groups is 2. The highest BCUT2D eigenvalue weighted by atomic mass is 16.6. The number of amides is 1. The van der Waals surface area contributed by atoms with Crippen molar-refractivity contribution in [3.8, 4) is 0 Å². The second-order valence-electron chi connectivity index (χ2n) is 5.15. The molecule has 0 radical (unpaired) electrons. The second kappa shape index (κ2) is 5.56. The van der Waals surface area contributed by atoms with E-state index in [1.807, 2.05) is 7.05 Å². The lowest BCUT2D eigenvalue weighted by molar-refractivity contribution is -0.143.